The van der Waals surface area contributed by atoms with E-state index in [0.29, 0.717) is 10.9 Å². The predicted octanol–water partition coefficient (Wildman–Crippen LogP) is 4.15. The van der Waals surface area contributed by atoms with Gasteiger partial charge in [-0.05, 0) is 35.7 Å². The van der Waals surface area contributed by atoms with Gasteiger partial charge >= 0.3 is 0 Å². The van der Waals surface area contributed by atoms with Gasteiger partial charge in [0.05, 0.1) is 10.3 Å². The minimum atomic E-state index is -0.424. The lowest BCUT2D eigenvalue weighted by Gasteiger charge is -2.07. The normalized spacial score (nSPS) is 10.3. The third-order valence-electron chi connectivity index (χ3n) is 3.06. The molecule has 0 aliphatic carbocycles. The quantitative estimate of drug-likeness (QED) is 0.365. The van der Waals surface area contributed by atoms with Crippen LogP contribution in [0.15, 0.2) is 42.5 Å². The van der Waals surface area contributed by atoms with E-state index in [1.807, 2.05) is 19.1 Å². The monoisotopic (exact) mass is 333 g/mol. The zero-order valence-corrected chi connectivity index (χ0v) is 12.4. The average Bonchev–Trinajstić information content (AvgIpc) is 2.46. The SMILES string of the molecule is Cc1cc(-c2ccc([N+](=O)[O-])cc2)ccc1C(=O)CBr. The molecule has 0 unspecified atom stereocenters. The lowest BCUT2D eigenvalue weighted by atomic mass is 9.98. The Morgan fingerprint density at radius 2 is 1.75 bits per heavy atom. The summed E-state index contributed by atoms with van der Waals surface area (Å²) < 4.78 is 0. The number of aryl methyl sites for hydroxylation is 1. The van der Waals surface area contributed by atoms with Crippen LogP contribution in [-0.2, 0) is 0 Å². The van der Waals surface area contributed by atoms with Crippen LogP contribution in [-0.4, -0.2) is 16.0 Å². The van der Waals surface area contributed by atoms with E-state index in [-0.39, 0.29) is 11.5 Å². The number of nitro benzene ring substituents is 1. The number of rotatable bonds is 4. The van der Waals surface area contributed by atoms with E-state index in [4.69, 9.17) is 0 Å². The molecular weight excluding hydrogens is 322 g/mol. The summed E-state index contributed by atoms with van der Waals surface area (Å²) in [6.45, 7) is 1.88. The first-order valence-corrected chi connectivity index (χ1v) is 7.09. The van der Waals surface area contributed by atoms with Gasteiger partial charge in [-0.1, -0.05) is 34.1 Å². The molecule has 0 saturated carbocycles. The second-order valence-corrected chi connectivity index (χ2v) is 4.95. The molecule has 0 amide bonds. The third kappa shape index (κ3) is 2.93. The van der Waals surface area contributed by atoms with E-state index in [1.165, 1.54) is 12.1 Å². The number of non-ortho nitro benzene ring substituents is 1. The van der Waals surface area contributed by atoms with Crippen LogP contribution in [0.25, 0.3) is 11.1 Å². The summed E-state index contributed by atoms with van der Waals surface area (Å²) >= 11 is 3.16. The molecule has 0 aliphatic rings. The van der Waals surface area contributed by atoms with Gasteiger partial charge in [-0.25, -0.2) is 0 Å². The first kappa shape index (κ1) is 14.4. The van der Waals surface area contributed by atoms with Crippen LogP contribution in [0, 0.1) is 17.0 Å². The molecule has 0 aromatic heterocycles. The van der Waals surface area contributed by atoms with Crippen LogP contribution >= 0.6 is 15.9 Å². The maximum atomic E-state index is 11.7. The molecule has 0 spiro atoms. The number of carbonyl (C=O) groups excluding carboxylic acids is 1. The zero-order valence-electron chi connectivity index (χ0n) is 10.8. The molecule has 5 heteroatoms. The third-order valence-corrected chi connectivity index (χ3v) is 3.57. The summed E-state index contributed by atoms with van der Waals surface area (Å²) in [7, 11) is 0. The van der Waals surface area contributed by atoms with E-state index >= 15 is 0 Å². The van der Waals surface area contributed by atoms with E-state index in [1.54, 1.807) is 18.2 Å². The highest BCUT2D eigenvalue weighted by Gasteiger charge is 2.10. The van der Waals surface area contributed by atoms with Crippen molar-refractivity contribution in [2.24, 2.45) is 0 Å². The molecule has 0 saturated heterocycles. The smallest absolute Gasteiger partial charge is 0.269 e. The lowest BCUT2D eigenvalue weighted by Crippen LogP contribution is -2.02. The van der Waals surface area contributed by atoms with E-state index in [9.17, 15) is 14.9 Å². The van der Waals surface area contributed by atoms with Crippen molar-refractivity contribution in [1.29, 1.82) is 0 Å². The maximum absolute atomic E-state index is 11.7. The van der Waals surface area contributed by atoms with Gasteiger partial charge < -0.3 is 0 Å². The van der Waals surface area contributed by atoms with Crippen LogP contribution in [0.1, 0.15) is 15.9 Å². The molecule has 0 heterocycles. The largest absolute Gasteiger partial charge is 0.293 e. The van der Waals surface area contributed by atoms with E-state index in [2.05, 4.69) is 15.9 Å². The van der Waals surface area contributed by atoms with Crippen LogP contribution < -0.4 is 0 Å². The van der Waals surface area contributed by atoms with Crippen molar-refractivity contribution in [2.45, 2.75) is 6.92 Å². The van der Waals surface area contributed by atoms with Crippen molar-refractivity contribution in [2.75, 3.05) is 5.33 Å². The number of halogens is 1. The molecule has 0 radical (unpaired) electrons. The number of nitrogens with zero attached hydrogens (tertiary/aromatic N) is 1. The molecule has 0 bridgehead atoms. The summed E-state index contributed by atoms with van der Waals surface area (Å²) in [6.07, 6.45) is 0. The van der Waals surface area contributed by atoms with Crippen molar-refractivity contribution in [3.63, 3.8) is 0 Å². The Kier molecular flexibility index (Phi) is 4.29. The average molecular weight is 334 g/mol. The molecule has 2 aromatic rings. The minimum absolute atomic E-state index is 0.0396. The molecule has 0 atom stereocenters. The lowest BCUT2D eigenvalue weighted by molar-refractivity contribution is -0.384. The molecule has 0 aliphatic heterocycles. The number of alkyl halides is 1. The van der Waals surface area contributed by atoms with Crippen molar-refractivity contribution < 1.29 is 9.72 Å². The van der Waals surface area contributed by atoms with Gasteiger partial charge in [-0.15, -0.1) is 0 Å². The Morgan fingerprint density at radius 1 is 1.15 bits per heavy atom. The molecule has 20 heavy (non-hydrogen) atoms. The second kappa shape index (κ2) is 5.96. The number of Topliss-reactive ketones (excluding diaryl/α,β-unsaturated/α-hetero) is 1. The Balaban J connectivity index is 2.36. The van der Waals surface area contributed by atoms with Gasteiger partial charge in [-0.2, -0.15) is 0 Å². The summed E-state index contributed by atoms with van der Waals surface area (Å²) in [5, 5.41) is 10.9. The Hall–Kier alpha value is -2.01. The highest BCUT2D eigenvalue weighted by Crippen LogP contribution is 2.25. The van der Waals surface area contributed by atoms with Gasteiger partial charge in [0.25, 0.3) is 5.69 Å². The number of carbonyl (C=O) groups is 1. The zero-order chi connectivity index (χ0) is 14.7. The number of ketones is 1. The van der Waals surface area contributed by atoms with Gasteiger partial charge in [-0.3, -0.25) is 14.9 Å². The Morgan fingerprint density at radius 3 is 2.25 bits per heavy atom. The van der Waals surface area contributed by atoms with Gasteiger partial charge in [0.2, 0.25) is 0 Å². The number of nitro groups is 1. The highest BCUT2D eigenvalue weighted by atomic mass is 79.9. The summed E-state index contributed by atoms with van der Waals surface area (Å²) in [5.41, 5.74) is 3.47. The van der Waals surface area contributed by atoms with Gasteiger partial charge in [0.15, 0.2) is 5.78 Å². The molecule has 2 rings (SSSR count). The van der Waals surface area contributed by atoms with Crippen molar-refractivity contribution in [1.82, 2.24) is 0 Å². The molecule has 2 aromatic carbocycles. The second-order valence-electron chi connectivity index (χ2n) is 4.39. The molecule has 102 valence electrons. The minimum Gasteiger partial charge on any atom is -0.293 e. The summed E-state index contributed by atoms with van der Waals surface area (Å²) in [4.78, 5) is 21.9. The van der Waals surface area contributed by atoms with Crippen LogP contribution in [0.5, 0.6) is 0 Å². The standard InChI is InChI=1S/C15H12BrNO3/c1-10-8-12(4-7-14(10)15(18)9-16)11-2-5-13(6-3-11)17(19)20/h2-8H,9H2,1H3. The van der Waals surface area contributed by atoms with E-state index < -0.39 is 4.92 Å². The molecule has 0 fully saturated rings. The fourth-order valence-corrected chi connectivity index (χ4v) is 2.31. The molecule has 4 nitrogen and oxygen atoms in total. The summed E-state index contributed by atoms with van der Waals surface area (Å²) in [6, 6.07) is 11.9. The van der Waals surface area contributed by atoms with E-state index in [0.717, 1.165) is 16.7 Å². The van der Waals surface area contributed by atoms with Crippen LogP contribution in [0.4, 0.5) is 5.69 Å². The first-order valence-electron chi connectivity index (χ1n) is 5.97. The first-order chi connectivity index (χ1) is 9.52. The van der Waals surface area contributed by atoms with Crippen molar-refractivity contribution in [3.05, 3.63) is 63.7 Å². The van der Waals surface area contributed by atoms with Crippen molar-refractivity contribution >= 4 is 27.4 Å². The maximum Gasteiger partial charge on any atom is 0.269 e. The Labute approximate surface area is 124 Å². The number of hydrogen-bond donors (Lipinski definition) is 0. The van der Waals surface area contributed by atoms with Crippen LogP contribution in [0.2, 0.25) is 0 Å². The molecule has 0 N–H and O–H groups in total. The topological polar surface area (TPSA) is 60.2 Å². The summed E-state index contributed by atoms with van der Waals surface area (Å²) in [5.74, 6) is 0.0396. The molecular formula is C15H12BrNO3. The number of hydrogen-bond acceptors (Lipinski definition) is 3. The predicted molar refractivity (Wildman–Crippen MR) is 81.4 cm³/mol. The van der Waals surface area contributed by atoms with Crippen molar-refractivity contribution in [3.8, 4) is 11.1 Å². The van der Waals surface area contributed by atoms with Crippen LogP contribution in [0.3, 0.4) is 0 Å². The fraction of sp³-hybridized carbons (Fsp3) is 0.133. The number of benzene rings is 2. The fourth-order valence-electron chi connectivity index (χ4n) is 2.00. The Bertz CT molecular complexity index is 665. The van der Waals surface area contributed by atoms with Gasteiger partial charge in [0, 0.05) is 17.7 Å². The highest BCUT2D eigenvalue weighted by molar-refractivity contribution is 9.09. The van der Waals surface area contributed by atoms with Gasteiger partial charge in [0.1, 0.15) is 0 Å².